The Morgan fingerprint density at radius 2 is 1.89 bits per heavy atom. The molecule has 1 aliphatic heterocycles. The van der Waals surface area contributed by atoms with Crippen molar-refractivity contribution in [3.63, 3.8) is 0 Å². The monoisotopic (exact) mass is 261 g/mol. The second-order valence-corrected chi connectivity index (χ2v) is 5.87. The van der Waals surface area contributed by atoms with E-state index >= 15 is 0 Å². The van der Waals surface area contributed by atoms with Crippen LogP contribution >= 0.6 is 0 Å². The van der Waals surface area contributed by atoms with Gasteiger partial charge in [-0.1, -0.05) is 0 Å². The van der Waals surface area contributed by atoms with Gasteiger partial charge < -0.3 is 14.8 Å². The van der Waals surface area contributed by atoms with E-state index in [9.17, 15) is 4.79 Å². The van der Waals surface area contributed by atoms with Crippen LogP contribution in [-0.2, 0) is 0 Å². The van der Waals surface area contributed by atoms with E-state index in [2.05, 4.69) is 5.32 Å². The molecule has 1 spiro atoms. The number of benzene rings is 1. The zero-order valence-corrected chi connectivity index (χ0v) is 11.4. The number of ether oxygens (including phenoxy) is 2. The summed E-state index contributed by atoms with van der Waals surface area (Å²) in [4.78, 5) is 12.0. The lowest BCUT2D eigenvalue weighted by Crippen LogP contribution is -2.30. The lowest BCUT2D eigenvalue weighted by molar-refractivity contribution is 0.0942. The molecule has 1 aliphatic carbocycles. The lowest BCUT2D eigenvalue weighted by atomic mass is 10.1. The summed E-state index contributed by atoms with van der Waals surface area (Å²) in [5, 5.41) is 2.87. The minimum Gasteiger partial charge on any atom is -0.489 e. The Balaban J connectivity index is 1.80. The van der Waals surface area contributed by atoms with Crippen molar-refractivity contribution in [1.29, 1.82) is 0 Å². The number of hydrogen-bond acceptors (Lipinski definition) is 3. The summed E-state index contributed by atoms with van der Waals surface area (Å²) >= 11 is 0. The van der Waals surface area contributed by atoms with Crippen molar-refractivity contribution in [2.45, 2.75) is 32.7 Å². The molecular formula is C15H19NO3. The number of amides is 1. The average Bonchev–Trinajstić information content (AvgIpc) is 3.16. The van der Waals surface area contributed by atoms with Crippen LogP contribution in [0.15, 0.2) is 18.2 Å². The molecule has 4 heteroatoms. The fraction of sp³-hybridized carbons (Fsp3) is 0.533. The highest BCUT2D eigenvalue weighted by atomic mass is 16.5. The van der Waals surface area contributed by atoms with Gasteiger partial charge in [0.2, 0.25) is 0 Å². The molecule has 0 atom stereocenters. The molecule has 3 rings (SSSR count). The Kier molecular flexibility index (Phi) is 2.88. The van der Waals surface area contributed by atoms with E-state index in [0.29, 0.717) is 17.9 Å². The summed E-state index contributed by atoms with van der Waals surface area (Å²) in [6.07, 6.45) is 2.34. The third-order valence-electron chi connectivity index (χ3n) is 3.65. The quantitative estimate of drug-likeness (QED) is 0.889. The summed E-state index contributed by atoms with van der Waals surface area (Å²) in [6.45, 7) is 5.29. The van der Waals surface area contributed by atoms with Crippen molar-refractivity contribution in [2.75, 3.05) is 13.2 Å². The molecule has 1 N–H and O–H groups in total. The average molecular weight is 261 g/mol. The molecular weight excluding hydrogens is 242 g/mol. The standard InChI is InChI=1S/C15H19NO3/c1-10(2)16-14(17)11-3-4-12-13(7-11)19-9-15(5-6-15)8-18-12/h3-4,7,10H,5-6,8-9H2,1-2H3,(H,16,17). The Labute approximate surface area is 113 Å². The first-order valence-electron chi connectivity index (χ1n) is 6.79. The molecule has 0 unspecified atom stereocenters. The topological polar surface area (TPSA) is 47.6 Å². The van der Waals surface area contributed by atoms with Crippen molar-refractivity contribution >= 4 is 5.91 Å². The van der Waals surface area contributed by atoms with E-state index in [1.807, 2.05) is 19.9 Å². The largest absolute Gasteiger partial charge is 0.489 e. The fourth-order valence-electron chi connectivity index (χ4n) is 2.20. The van der Waals surface area contributed by atoms with Gasteiger partial charge in [0.1, 0.15) is 0 Å². The molecule has 2 aliphatic rings. The number of rotatable bonds is 2. The fourth-order valence-corrected chi connectivity index (χ4v) is 2.20. The lowest BCUT2D eigenvalue weighted by Gasteiger charge is -2.11. The molecule has 0 aromatic heterocycles. The maximum atomic E-state index is 12.0. The third kappa shape index (κ3) is 2.53. The number of carbonyl (C=O) groups excluding carboxylic acids is 1. The van der Waals surface area contributed by atoms with E-state index in [-0.39, 0.29) is 17.4 Å². The predicted molar refractivity (Wildman–Crippen MR) is 71.7 cm³/mol. The smallest absolute Gasteiger partial charge is 0.251 e. The van der Waals surface area contributed by atoms with Crippen LogP contribution in [0.25, 0.3) is 0 Å². The van der Waals surface area contributed by atoms with Gasteiger partial charge in [-0.15, -0.1) is 0 Å². The Hall–Kier alpha value is -1.71. The third-order valence-corrected chi connectivity index (χ3v) is 3.65. The Morgan fingerprint density at radius 3 is 2.53 bits per heavy atom. The molecule has 1 heterocycles. The summed E-state index contributed by atoms with van der Waals surface area (Å²) in [5.41, 5.74) is 0.835. The first-order valence-corrected chi connectivity index (χ1v) is 6.79. The number of carbonyl (C=O) groups is 1. The highest BCUT2D eigenvalue weighted by molar-refractivity contribution is 5.95. The highest BCUT2D eigenvalue weighted by Crippen LogP contribution is 2.49. The molecule has 0 bridgehead atoms. The molecule has 1 saturated carbocycles. The molecule has 0 radical (unpaired) electrons. The van der Waals surface area contributed by atoms with Crippen LogP contribution in [0.1, 0.15) is 37.0 Å². The summed E-state index contributed by atoms with van der Waals surface area (Å²) < 4.78 is 11.6. The maximum absolute atomic E-state index is 12.0. The molecule has 19 heavy (non-hydrogen) atoms. The maximum Gasteiger partial charge on any atom is 0.251 e. The molecule has 1 aromatic rings. The number of hydrogen-bond donors (Lipinski definition) is 1. The van der Waals surface area contributed by atoms with Crippen LogP contribution in [-0.4, -0.2) is 25.2 Å². The van der Waals surface area contributed by atoms with Gasteiger partial charge in [0.05, 0.1) is 13.2 Å². The van der Waals surface area contributed by atoms with Crippen molar-refractivity contribution in [2.24, 2.45) is 5.41 Å². The van der Waals surface area contributed by atoms with Crippen LogP contribution < -0.4 is 14.8 Å². The minimum atomic E-state index is -0.0771. The number of nitrogens with one attached hydrogen (secondary N) is 1. The summed E-state index contributed by atoms with van der Waals surface area (Å²) in [7, 11) is 0. The van der Waals surface area contributed by atoms with E-state index < -0.39 is 0 Å². The van der Waals surface area contributed by atoms with Crippen molar-refractivity contribution in [3.8, 4) is 11.5 Å². The zero-order chi connectivity index (χ0) is 13.5. The summed E-state index contributed by atoms with van der Waals surface area (Å²) in [5.74, 6) is 1.34. The van der Waals surface area contributed by atoms with E-state index in [0.717, 1.165) is 12.4 Å². The van der Waals surface area contributed by atoms with Gasteiger partial charge in [0, 0.05) is 17.0 Å². The molecule has 4 nitrogen and oxygen atoms in total. The molecule has 1 aromatic carbocycles. The first kappa shape index (κ1) is 12.3. The molecule has 1 amide bonds. The van der Waals surface area contributed by atoms with Crippen LogP contribution in [0.2, 0.25) is 0 Å². The summed E-state index contributed by atoms with van der Waals surface area (Å²) in [6, 6.07) is 5.50. The van der Waals surface area contributed by atoms with Crippen LogP contribution in [0.5, 0.6) is 11.5 Å². The second-order valence-electron chi connectivity index (χ2n) is 5.87. The van der Waals surface area contributed by atoms with Crippen LogP contribution in [0, 0.1) is 5.41 Å². The van der Waals surface area contributed by atoms with Gasteiger partial charge in [-0.2, -0.15) is 0 Å². The van der Waals surface area contributed by atoms with Gasteiger partial charge in [-0.3, -0.25) is 4.79 Å². The van der Waals surface area contributed by atoms with Gasteiger partial charge in [0.25, 0.3) is 5.91 Å². The zero-order valence-electron chi connectivity index (χ0n) is 11.4. The Bertz CT molecular complexity index is 506. The Morgan fingerprint density at radius 1 is 1.21 bits per heavy atom. The minimum absolute atomic E-state index is 0.0771. The van der Waals surface area contributed by atoms with Gasteiger partial charge in [0.15, 0.2) is 11.5 Å². The molecule has 1 fully saturated rings. The van der Waals surface area contributed by atoms with Gasteiger partial charge >= 0.3 is 0 Å². The molecule has 0 saturated heterocycles. The van der Waals surface area contributed by atoms with Gasteiger partial charge in [-0.25, -0.2) is 0 Å². The van der Waals surface area contributed by atoms with Crippen molar-refractivity contribution < 1.29 is 14.3 Å². The SMILES string of the molecule is CC(C)NC(=O)c1ccc2c(c1)OCC1(CC1)CO2. The van der Waals surface area contributed by atoms with Crippen molar-refractivity contribution in [1.82, 2.24) is 5.32 Å². The van der Waals surface area contributed by atoms with Crippen molar-refractivity contribution in [3.05, 3.63) is 23.8 Å². The highest BCUT2D eigenvalue weighted by Gasteiger charge is 2.46. The molecule has 102 valence electrons. The van der Waals surface area contributed by atoms with Crippen LogP contribution in [0.3, 0.4) is 0 Å². The normalized spacial score (nSPS) is 19.1. The van der Waals surface area contributed by atoms with E-state index in [1.165, 1.54) is 12.8 Å². The van der Waals surface area contributed by atoms with E-state index in [1.54, 1.807) is 12.1 Å². The number of fused-ring (bicyclic) bond motifs is 1. The van der Waals surface area contributed by atoms with E-state index in [4.69, 9.17) is 9.47 Å². The predicted octanol–water partition coefficient (Wildman–Crippen LogP) is 2.38. The second kappa shape index (κ2) is 4.44. The van der Waals surface area contributed by atoms with Gasteiger partial charge in [-0.05, 0) is 44.9 Å². The first-order chi connectivity index (χ1) is 9.08. The van der Waals surface area contributed by atoms with Crippen LogP contribution in [0.4, 0.5) is 0 Å².